The Kier molecular flexibility index (Phi) is 4.91. The van der Waals surface area contributed by atoms with E-state index < -0.39 is 10.8 Å². The normalized spacial score (nSPS) is 30.6. The molecule has 0 aromatic carbocycles. The molecule has 1 unspecified atom stereocenters. The van der Waals surface area contributed by atoms with Crippen LogP contribution in [0.3, 0.4) is 0 Å². The smallest absolute Gasteiger partial charge is 0.0693 e. The Morgan fingerprint density at radius 3 is 2.85 bits per heavy atom. The first-order valence-corrected chi connectivity index (χ1v) is 6.49. The molecule has 0 aromatic heterocycles. The molecular weight excluding hydrogens is 186 g/mol. The van der Waals surface area contributed by atoms with E-state index in [0.29, 0.717) is 5.75 Å². The van der Waals surface area contributed by atoms with Crippen LogP contribution in [0.4, 0.5) is 0 Å². The zero-order chi connectivity index (χ0) is 9.68. The second kappa shape index (κ2) is 5.73. The van der Waals surface area contributed by atoms with Gasteiger partial charge >= 0.3 is 0 Å². The third-order valence-electron chi connectivity index (χ3n) is 2.54. The summed E-state index contributed by atoms with van der Waals surface area (Å²) in [7, 11) is -0.682. The molecule has 1 aliphatic rings. The maximum atomic E-state index is 11.1. The molecule has 0 aromatic rings. The molecule has 0 aliphatic heterocycles. The number of rotatable bonds is 5. The van der Waals surface area contributed by atoms with Crippen LogP contribution < -0.4 is 5.32 Å². The molecule has 3 nitrogen and oxygen atoms in total. The molecule has 4 heteroatoms. The van der Waals surface area contributed by atoms with E-state index in [0.717, 1.165) is 31.6 Å². The standard InChI is InChI=1S/C9H19NO2S/c1-2-13(12)7-6-10-8-4-3-5-9(8)11/h8-11H,2-7H2,1H3/t8-,9-,13?/m0/s1. The summed E-state index contributed by atoms with van der Waals surface area (Å²) in [6.07, 6.45) is 2.89. The van der Waals surface area contributed by atoms with Crippen molar-refractivity contribution < 1.29 is 9.32 Å². The van der Waals surface area contributed by atoms with Gasteiger partial charge in [0.15, 0.2) is 0 Å². The van der Waals surface area contributed by atoms with E-state index in [-0.39, 0.29) is 12.1 Å². The van der Waals surface area contributed by atoms with Gasteiger partial charge in [-0.05, 0) is 19.3 Å². The Morgan fingerprint density at radius 1 is 1.54 bits per heavy atom. The lowest BCUT2D eigenvalue weighted by molar-refractivity contribution is 0.150. The van der Waals surface area contributed by atoms with Crippen molar-refractivity contribution in [2.24, 2.45) is 0 Å². The summed E-state index contributed by atoms with van der Waals surface area (Å²) in [4.78, 5) is 0. The van der Waals surface area contributed by atoms with Gasteiger partial charge in [-0.2, -0.15) is 0 Å². The van der Waals surface area contributed by atoms with Crippen molar-refractivity contribution in [3.05, 3.63) is 0 Å². The van der Waals surface area contributed by atoms with Gasteiger partial charge in [0.25, 0.3) is 0 Å². The van der Waals surface area contributed by atoms with Crippen molar-refractivity contribution in [2.75, 3.05) is 18.1 Å². The zero-order valence-corrected chi connectivity index (χ0v) is 8.98. The predicted octanol–water partition coefficient (Wildman–Crippen LogP) is 0.258. The molecule has 3 atom stereocenters. The quantitative estimate of drug-likeness (QED) is 0.677. The molecule has 0 bridgehead atoms. The van der Waals surface area contributed by atoms with Crippen LogP contribution in [0.25, 0.3) is 0 Å². The van der Waals surface area contributed by atoms with Crippen LogP contribution in [0, 0.1) is 0 Å². The van der Waals surface area contributed by atoms with Crippen molar-refractivity contribution in [3.63, 3.8) is 0 Å². The summed E-state index contributed by atoms with van der Waals surface area (Å²) in [5.41, 5.74) is 0. The number of aliphatic hydroxyl groups is 1. The van der Waals surface area contributed by atoms with Gasteiger partial charge in [0.2, 0.25) is 0 Å². The summed E-state index contributed by atoms with van der Waals surface area (Å²) in [5, 5.41) is 12.7. The summed E-state index contributed by atoms with van der Waals surface area (Å²) in [5.74, 6) is 1.44. The number of hydrogen-bond donors (Lipinski definition) is 2. The molecule has 0 heterocycles. The van der Waals surface area contributed by atoms with E-state index in [1.54, 1.807) is 0 Å². The SMILES string of the molecule is CCS(=O)CCN[C@H]1CCC[C@@H]1O. The second-order valence-corrected chi connectivity index (χ2v) is 5.36. The van der Waals surface area contributed by atoms with Crippen LogP contribution >= 0.6 is 0 Å². The van der Waals surface area contributed by atoms with Gasteiger partial charge in [-0.25, -0.2) is 0 Å². The van der Waals surface area contributed by atoms with E-state index in [2.05, 4.69) is 5.32 Å². The third-order valence-corrected chi connectivity index (χ3v) is 3.84. The molecule has 0 radical (unpaired) electrons. The summed E-state index contributed by atoms with van der Waals surface area (Å²) < 4.78 is 11.1. The molecule has 0 amide bonds. The average molecular weight is 205 g/mol. The highest BCUT2D eigenvalue weighted by atomic mass is 32.2. The molecule has 1 aliphatic carbocycles. The fraction of sp³-hybridized carbons (Fsp3) is 1.00. The second-order valence-electron chi connectivity index (χ2n) is 3.49. The monoisotopic (exact) mass is 205 g/mol. The maximum absolute atomic E-state index is 11.1. The largest absolute Gasteiger partial charge is 0.392 e. The molecule has 1 fully saturated rings. The molecule has 2 N–H and O–H groups in total. The van der Waals surface area contributed by atoms with Gasteiger partial charge in [0.05, 0.1) is 6.10 Å². The topological polar surface area (TPSA) is 49.3 Å². The first-order chi connectivity index (χ1) is 6.24. The highest BCUT2D eigenvalue weighted by molar-refractivity contribution is 7.84. The van der Waals surface area contributed by atoms with Crippen LogP contribution in [0.15, 0.2) is 0 Å². The molecule has 0 spiro atoms. The first-order valence-electron chi connectivity index (χ1n) is 5.00. The van der Waals surface area contributed by atoms with Crippen LogP contribution in [0.2, 0.25) is 0 Å². The molecule has 78 valence electrons. The fourth-order valence-electron chi connectivity index (χ4n) is 1.68. The Bertz CT molecular complexity index is 175. The number of nitrogens with one attached hydrogen (secondary N) is 1. The Hall–Kier alpha value is 0.0700. The minimum atomic E-state index is -0.682. The Morgan fingerprint density at radius 2 is 2.31 bits per heavy atom. The van der Waals surface area contributed by atoms with E-state index in [1.807, 2.05) is 6.92 Å². The number of hydrogen-bond acceptors (Lipinski definition) is 3. The van der Waals surface area contributed by atoms with Crippen molar-refractivity contribution in [1.29, 1.82) is 0 Å². The van der Waals surface area contributed by atoms with Gasteiger partial charge in [0, 0.05) is 34.9 Å². The number of aliphatic hydroxyl groups excluding tert-OH is 1. The molecule has 1 rings (SSSR count). The highest BCUT2D eigenvalue weighted by Gasteiger charge is 2.24. The predicted molar refractivity (Wildman–Crippen MR) is 55.2 cm³/mol. The van der Waals surface area contributed by atoms with E-state index >= 15 is 0 Å². The maximum Gasteiger partial charge on any atom is 0.0693 e. The van der Waals surface area contributed by atoms with Crippen LogP contribution in [-0.2, 0) is 10.8 Å². The molecule has 1 saturated carbocycles. The van der Waals surface area contributed by atoms with Gasteiger partial charge in [-0.1, -0.05) is 6.92 Å². The average Bonchev–Trinajstić information content (AvgIpc) is 2.52. The van der Waals surface area contributed by atoms with Gasteiger partial charge in [-0.3, -0.25) is 4.21 Å². The van der Waals surface area contributed by atoms with Crippen molar-refractivity contribution in [3.8, 4) is 0 Å². The summed E-state index contributed by atoms with van der Waals surface area (Å²) in [6, 6.07) is 0.244. The minimum Gasteiger partial charge on any atom is -0.392 e. The van der Waals surface area contributed by atoms with Crippen molar-refractivity contribution in [2.45, 2.75) is 38.3 Å². The van der Waals surface area contributed by atoms with Gasteiger partial charge in [0.1, 0.15) is 0 Å². The molecular formula is C9H19NO2S. The van der Waals surface area contributed by atoms with E-state index in [4.69, 9.17) is 0 Å². The fourth-order valence-corrected chi connectivity index (χ4v) is 2.32. The van der Waals surface area contributed by atoms with Gasteiger partial charge < -0.3 is 10.4 Å². The van der Waals surface area contributed by atoms with E-state index in [9.17, 15) is 9.32 Å². The Balaban J connectivity index is 2.08. The first kappa shape index (κ1) is 11.1. The van der Waals surface area contributed by atoms with E-state index in [1.165, 1.54) is 0 Å². The van der Waals surface area contributed by atoms with Crippen LogP contribution in [0.5, 0.6) is 0 Å². The van der Waals surface area contributed by atoms with Crippen molar-refractivity contribution >= 4 is 10.8 Å². The minimum absolute atomic E-state index is 0.185. The zero-order valence-electron chi connectivity index (χ0n) is 8.16. The van der Waals surface area contributed by atoms with Crippen LogP contribution in [0.1, 0.15) is 26.2 Å². The molecule has 13 heavy (non-hydrogen) atoms. The lowest BCUT2D eigenvalue weighted by Crippen LogP contribution is -2.37. The Labute approximate surface area is 82.4 Å². The van der Waals surface area contributed by atoms with Gasteiger partial charge in [-0.15, -0.1) is 0 Å². The molecule has 0 saturated heterocycles. The van der Waals surface area contributed by atoms with Crippen molar-refractivity contribution in [1.82, 2.24) is 5.32 Å². The summed E-state index contributed by atoms with van der Waals surface area (Å²) in [6.45, 7) is 2.70. The lowest BCUT2D eigenvalue weighted by atomic mass is 10.2. The summed E-state index contributed by atoms with van der Waals surface area (Å²) >= 11 is 0. The van der Waals surface area contributed by atoms with Crippen LogP contribution in [-0.4, -0.2) is 39.5 Å². The third kappa shape index (κ3) is 3.75. The lowest BCUT2D eigenvalue weighted by Gasteiger charge is -2.15. The highest BCUT2D eigenvalue weighted by Crippen LogP contribution is 2.18.